The fourth-order valence-electron chi connectivity index (χ4n) is 2.44. The molecule has 0 saturated heterocycles. The highest BCUT2D eigenvalue weighted by Gasteiger charge is 2.20. The lowest BCUT2D eigenvalue weighted by atomic mass is 10.1. The zero-order valence-electron chi connectivity index (χ0n) is 13.1. The fourth-order valence-corrected chi connectivity index (χ4v) is 2.44. The van der Waals surface area contributed by atoms with E-state index in [1.807, 2.05) is 55.3 Å². The van der Waals surface area contributed by atoms with Crippen LogP contribution in [0.2, 0.25) is 0 Å². The monoisotopic (exact) mass is 311 g/mol. The molecule has 0 unspecified atom stereocenters. The molecule has 0 amide bonds. The van der Waals surface area contributed by atoms with E-state index in [2.05, 4.69) is 15.5 Å². The summed E-state index contributed by atoms with van der Waals surface area (Å²) in [5, 5.41) is 12.0. The summed E-state index contributed by atoms with van der Waals surface area (Å²) < 4.78 is 15.5. The quantitative estimate of drug-likeness (QED) is 0.727. The van der Waals surface area contributed by atoms with Gasteiger partial charge in [-0.2, -0.15) is 4.68 Å². The second kappa shape index (κ2) is 6.66. The lowest BCUT2D eigenvalue weighted by molar-refractivity contribution is 0.237. The minimum absolute atomic E-state index is 0.0650. The van der Waals surface area contributed by atoms with Gasteiger partial charge in [-0.15, -0.1) is 5.10 Å². The van der Waals surface area contributed by atoms with E-state index in [0.29, 0.717) is 12.1 Å². The van der Waals surface area contributed by atoms with Crippen molar-refractivity contribution in [2.45, 2.75) is 19.5 Å². The molecule has 2 aromatic carbocycles. The summed E-state index contributed by atoms with van der Waals surface area (Å²) in [4.78, 5) is 2.02. The lowest BCUT2D eigenvalue weighted by Crippen LogP contribution is -2.25. The van der Waals surface area contributed by atoms with Gasteiger partial charge in [0, 0.05) is 12.1 Å². The summed E-state index contributed by atoms with van der Waals surface area (Å²) in [7, 11) is 1.93. The van der Waals surface area contributed by atoms with Crippen LogP contribution < -0.4 is 0 Å². The van der Waals surface area contributed by atoms with Gasteiger partial charge in [0.15, 0.2) is 5.82 Å². The Morgan fingerprint density at radius 3 is 2.52 bits per heavy atom. The van der Waals surface area contributed by atoms with Crippen LogP contribution in [0.15, 0.2) is 54.6 Å². The van der Waals surface area contributed by atoms with Gasteiger partial charge in [0.25, 0.3) is 0 Å². The van der Waals surface area contributed by atoms with E-state index in [9.17, 15) is 4.39 Å². The topological polar surface area (TPSA) is 46.8 Å². The van der Waals surface area contributed by atoms with E-state index in [1.54, 1.807) is 16.8 Å². The third-order valence-electron chi connectivity index (χ3n) is 3.91. The van der Waals surface area contributed by atoms with Gasteiger partial charge in [0.05, 0.1) is 11.7 Å². The van der Waals surface area contributed by atoms with Crippen molar-refractivity contribution in [2.24, 2.45) is 0 Å². The predicted octanol–water partition coefficient (Wildman–Crippen LogP) is 2.99. The molecular weight excluding hydrogens is 293 g/mol. The van der Waals surface area contributed by atoms with Crippen LogP contribution in [0.25, 0.3) is 5.69 Å². The number of rotatable bonds is 5. The van der Waals surface area contributed by atoms with Crippen molar-refractivity contribution in [1.29, 1.82) is 0 Å². The maximum absolute atomic E-state index is 13.8. The Hall–Kier alpha value is -2.60. The van der Waals surface area contributed by atoms with Crippen LogP contribution >= 0.6 is 0 Å². The number of benzene rings is 2. The van der Waals surface area contributed by atoms with Gasteiger partial charge < -0.3 is 0 Å². The first kappa shape index (κ1) is 15.3. The molecule has 0 N–H and O–H groups in total. The number of para-hydroxylation sites is 1. The highest BCUT2D eigenvalue weighted by Crippen LogP contribution is 2.21. The molecule has 0 aliphatic heterocycles. The predicted molar refractivity (Wildman–Crippen MR) is 85.4 cm³/mol. The van der Waals surface area contributed by atoms with Crippen LogP contribution in [-0.4, -0.2) is 32.2 Å². The van der Waals surface area contributed by atoms with Gasteiger partial charge in [0.1, 0.15) is 5.82 Å². The van der Waals surface area contributed by atoms with Gasteiger partial charge in [-0.25, -0.2) is 4.39 Å². The van der Waals surface area contributed by atoms with Gasteiger partial charge in [0.2, 0.25) is 0 Å². The zero-order valence-corrected chi connectivity index (χ0v) is 13.1. The molecule has 0 aliphatic rings. The Bertz CT molecular complexity index is 771. The summed E-state index contributed by atoms with van der Waals surface area (Å²) in [5.74, 6) is 0.518. The van der Waals surface area contributed by atoms with Crippen molar-refractivity contribution in [3.05, 3.63) is 71.8 Å². The van der Waals surface area contributed by atoms with Crippen LogP contribution in [0.4, 0.5) is 4.39 Å². The van der Waals surface area contributed by atoms with Gasteiger partial charge >= 0.3 is 0 Å². The fraction of sp³-hybridized carbons (Fsp3) is 0.235. The number of hydrogen-bond donors (Lipinski definition) is 0. The standard InChI is InChI=1S/C17H18FN5/c1-13(22(2)12-14-8-6-7-11-16(14)18)17-19-20-21-23(17)15-9-4-3-5-10-15/h3-11,13H,12H2,1-2H3/t13-/m1/s1. The number of nitrogens with zero attached hydrogens (tertiary/aromatic N) is 5. The molecule has 0 spiro atoms. The highest BCUT2D eigenvalue weighted by molar-refractivity contribution is 5.31. The van der Waals surface area contributed by atoms with E-state index >= 15 is 0 Å². The van der Waals surface area contributed by atoms with Crippen molar-refractivity contribution < 1.29 is 4.39 Å². The number of aromatic nitrogens is 4. The van der Waals surface area contributed by atoms with E-state index in [1.165, 1.54) is 6.07 Å². The normalized spacial score (nSPS) is 12.5. The molecule has 3 aromatic rings. The summed E-state index contributed by atoms with van der Waals surface area (Å²) >= 11 is 0. The number of halogens is 1. The molecule has 0 saturated carbocycles. The summed E-state index contributed by atoms with van der Waals surface area (Å²) in [5.41, 5.74) is 1.55. The van der Waals surface area contributed by atoms with Crippen molar-refractivity contribution in [3.8, 4) is 5.69 Å². The molecule has 0 radical (unpaired) electrons. The largest absolute Gasteiger partial charge is 0.292 e. The minimum atomic E-state index is -0.200. The van der Waals surface area contributed by atoms with E-state index in [-0.39, 0.29) is 11.9 Å². The van der Waals surface area contributed by atoms with Crippen LogP contribution in [0.1, 0.15) is 24.4 Å². The summed E-state index contributed by atoms with van der Waals surface area (Å²) in [6.07, 6.45) is 0. The number of hydrogen-bond acceptors (Lipinski definition) is 4. The minimum Gasteiger partial charge on any atom is -0.292 e. The average molecular weight is 311 g/mol. The molecule has 1 heterocycles. The molecule has 0 fully saturated rings. The molecule has 1 atom stereocenters. The SMILES string of the molecule is C[C@H](c1nnnn1-c1ccccc1)N(C)Cc1ccccc1F. The molecule has 3 rings (SSSR count). The Labute approximate surface area is 134 Å². The van der Waals surface area contributed by atoms with Crippen LogP contribution in [-0.2, 0) is 6.54 Å². The summed E-state index contributed by atoms with van der Waals surface area (Å²) in [6.45, 7) is 2.49. The third-order valence-corrected chi connectivity index (χ3v) is 3.91. The van der Waals surface area contributed by atoms with Gasteiger partial charge in [-0.1, -0.05) is 36.4 Å². The van der Waals surface area contributed by atoms with E-state index < -0.39 is 0 Å². The van der Waals surface area contributed by atoms with Crippen LogP contribution in [0.5, 0.6) is 0 Å². The Kier molecular flexibility index (Phi) is 4.43. The van der Waals surface area contributed by atoms with Gasteiger partial charge in [-0.05, 0) is 42.6 Å². The molecule has 23 heavy (non-hydrogen) atoms. The lowest BCUT2D eigenvalue weighted by Gasteiger charge is -2.24. The van der Waals surface area contributed by atoms with Crippen LogP contribution in [0.3, 0.4) is 0 Å². The second-order valence-corrected chi connectivity index (χ2v) is 5.47. The third kappa shape index (κ3) is 3.27. The zero-order chi connectivity index (χ0) is 16.2. The van der Waals surface area contributed by atoms with E-state index in [4.69, 9.17) is 0 Å². The first-order chi connectivity index (χ1) is 11.2. The number of tetrazole rings is 1. The Morgan fingerprint density at radius 2 is 1.78 bits per heavy atom. The molecule has 6 heteroatoms. The maximum atomic E-state index is 13.8. The van der Waals surface area contributed by atoms with Crippen molar-refractivity contribution in [2.75, 3.05) is 7.05 Å². The average Bonchev–Trinajstić information content (AvgIpc) is 3.06. The first-order valence-corrected chi connectivity index (χ1v) is 7.44. The van der Waals surface area contributed by atoms with Crippen molar-refractivity contribution in [1.82, 2.24) is 25.1 Å². The Morgan fingerprint density at radius 1 is 1.09 bits per heavy atom. The van der Waals surface area contributed by atoms with Crippen molar-refractivity contribution >= 4 is 0 Å². The van der Waals surface area contributed by atoms with Crippen molar-refractivity contribution in [3.63, 3.8) is 0 Å². The highest BCUT2D eigenvalue weighted by atomic mass is 19.1. The maximum Gasteiger partial charge on any atom is 0.173 e. The molecular formula is C17H18FN5. The Balaban J connectivity index is 1.82. The molecule has 0 aliphatic carbocycles. The first-order valence-electron chi connectivity index (χ1n) is 7.44. The molecule has 5 nitrogen and oxygen atoms in total. The smallest absolute Gasteiger partial charge is 0.173 e. The van der Waals surface area contributed by atoms with Gasteiger partial charge in [-0.3, -0.25) is 4.90 Å². The molecule has 0 bridgehead atoms. The van der Waals surface area contributed by atoms with E-state index in [0.717, 1.165) is 11.5 Å². The van der Waals surface area contributed by atoms with Crippen LogP contribution in [0, 0.1) is 5.82 Å². The molecule has 118 valence electrons. The second-order valence-electron chi connectivity index (χ2n) is 5.47. The summed E-state index contributed by atoms with van der Waals surface area (Å²) in [6, 6.07) is 16.4. The molecule has 1 aromatic heterocycles.